The quantitative estimate of drug-likeness (QED) is 0.288. The molecule has 0 heterocycles. The molecule has 0 fully saturated rings. The Morgan fingerprint density at radius 2 is 1.93 bits per heavy atom. The molecule has 28 heavy (non-hydrogen) atoms. The van der Waals surface area contributed by atoms with Crippen LogP contribution in [0.3, 0.4) is 0 Å². The van der Waals surface area contributed by atoms with E-state index in [2.05, 4.69) is 10.6 Å². The average Bonchev–Trinajstić information content (AvgIpc) is 2.56. The van der Waals surface area contributed by atoms with E-state index in [9.17, 15) is 24.5 Å². The van der Waals surface area contributed by atoms with Gasteiger partial charge in [-0.25, -0.2) is 4.79 Å². The normalized spacial score (nSPS) is 10.7. The minimum Gasteiger partial charge on any atom is -0.456 e. The van der Waals surface area contributed by atoms with E-state index in [-0.39, 0.29) is 29.4 Å². The van der Waals surface area contributed by atoms with Gasteiger partial charge in [-0.15, -0.1) is 0 Å². The molecule has 11 heteroatoms. The van der Waals surface area contributed by atoms with Crippen molar-refractivity contribution >= 4 is 40.9 Å². The topological polar surface area (TPSA) is 137 Å². The molecule has 0 aliphatic carbocycles. The van der Waals surface area contributed by atoms with Gasteiger partial charge in [0.25, 0.3) is 11.6 Å². The van der Waals surface area contributed by atoms with E-state index in [1.807, 2.05) is 0 Å². The zero-order chi connectivity index (χ0) is 21.3. The number of alkyl carbamates (subject to hydrolysis) is 1. The summed E-state index contributed by atoms with van der Waals surface area (Å²) in [7, 11) is 0. The maximum atomic E-state index is 11.8. The Kier molecular flexibility index (Phi) is 8.65. The number of rotatable bonds is 8. The van der Waals surface area contributed by atoms with Crippen molar-refractivity contribution in [3.63, 3.8) is 0 Å². The number of hydrogen-bond acceptors (Lipinski definition) is 7. The zero-order valence-electron chi connectivity index (χ0n) is 15.7. The predicted octanol–water partition coefficient (Wildman–Crippen LogP) is 3.03. The first kappa shape index (κ1) is 23.2. The summed E-state index contributed by atoms with van der Waals surface area (Å²) in [6.07, 6.45) is -0.322. The van der Waals surface area contributed by atoms with Crippen LogP contribution in [0.15, 0.2) is 18.2 Å². The second kappa shape index (κ2) is 10.5. The van der Waals surface area contributed by atoms with Crippen LogP contribution in [0.4, 0.5) is 16.2 Å². The maximum absolute atomic E-state index is 11.8. The fourth-order valence-corrected chi connectivity index (χ4v) is 2.07. The Labute approximate surface area is 166 Å². The minimum atomic E-state index is -0.731. The highest BCUT2D eigenvalue weighted by molar-refractivity contribution is 6.31. The summed E-state index contributed by atoms with van der Waals surface area (Å²) in [6.45, 7) is 4.79. The van der Waals surface area contributed by atoms with Gasteiger partial charge in [-0.3, -0.25) is 19.7 Å². The summed E-state index contributed by atoms with van der Waals surface area (Å²) in [5.41, 5.74) is -1.05. The van der Waals surface area contributed by atoms with Crippen LogP contribution in [0.2, 0.25) is 5.02 Å². The van der Waals surface area contributed by atoms with Crippen LogP contribution in [0, 0.1) is 10.1 Å². The molecule has 2 amide bonds. The number of carbonyl (C=O) groups excluding carboxylic acids is 3. The summed E-state index contributed by atoms with van der Waals surface area (Å²) >= 11 is 5.69. The van der Waals surface area contributed by atoms with Crippen LogP contribution in [-0.2, 0) is 19.1 Å². The van der Waals surface area contributed by atoms with E-state index in [1.54, 1.807) is 20.8 Å². The fraction of sp³-hybridized carbons (Fsp3) is 0.471. The zero-order valence-corrected chi connectivity index (χ0v) is 16.5. The van der Waals surface area contributed by atoms with Crippen LogP contribution in [-0.4, -0.2) is 41.6 Å². The third-order valence-electron chi connectivity index (χ3n) is 3.02. The number of ether oxygens (including phenoxy) is 2. The van der Waals surface area contributed by atoms with Crippen molar-refractivity contribution in [2.24, 2.45) is 0 Å². The maximum Gasteiger partial charge on any atom is 0.407 e. The van der Waals surface area contributed by atoms with E-state index in [1.165, 1.54) is 12.1 Å². The predicted molar refractivity (Wildman–Crippen MR) is 101 cm³/mol. The number of nitrogens with one attached hydrogen (secondary N) is 2. The van der Waals surface area contributed by atoms with Crippen LogP contribution < -0.4 is 10.6 Å². The molecule has 1 rings (SSSR count). The number of halogens is 1. The van der Waals surface area contributed by atoms with Crippen molar-refractivity contribution < 1.29 is 28.8 Å². The van der Waals surface area contributed by atoms with Crippen molar-refractivity contribution in [3.8, 4) is 0 Å². The molecule has 2 N–H and O–H groups in total. The number of hydrogen-bond donors (Lipinski definition) is 2. The molecule has 0 aromatic heterocycles. The molecular formula is C17H22ClN3O7. The van der Waals surface area contributed by atoms with Crippen LogP contribution in [0.5, 0.6) is 0 Å². The minimum absolute atomic E-state index is 0.0236. The van der Waals surface area contributed by atoms with E-state index in [4.69, 9.17) is 21.1 Å². The lowest BCUT2D eigenvalue weighted by Crippen LogP contribution is -2.33. The van der Waals surface area contributed by atoms with Gasteiger partial charge in [0.05, 0.1) is 4.92 Å². The molecule has 154 valence electrons. The number of amides is 2. The molecule has 0 radical (unpaired) electrons. The van der Waals surface area contributed by atoms with Crippen LogP contribution in [0.1, 0.15) is 33.6 Å². The SMILES string of the molecule is CC(C)(C)OC(=O)NCCCC(=O)OCC(=O)Nc1ccc(Cl)cc1[N+](=O)[O-]. The highest BCUT2D eigenvalue weighted by Crippen LogP contribution is 2.27. The Hall–Kier alpha value is -2.88. The largest absolute Gasteiger partial charge is 0.456 e. The first-order valence-corrected chi connectivity index (χ1v) is 8.72. The van der Waals surface area contributed by atoms with Crippen LogP contribution >= 0.6 is 11.6 Å². The molecule has 0 aliphatic rings. The van der Waals surface area contributed by atoms with Gasteiger partial charge in [-0.2, -0.15) is 0 Å². The van der Waals surface area contributed by atoms with Crippen molar-refractivity contribution in [1.29, 1.82) is 0 Å². The monoisotopic (exact) mass is 415 g/mol. The second-order valence-electron chi connectivity index (χ2n) is 6.66. The Balaban J connectivity index is 2.33. The second-order valence-corrected chi connectivity index (χ2v) is 7.10. The van der Waals surface area contributed by atoms with Gasteiger partial charge < -0.3 is 20.1 Å². The number of carbonyl (C=O) groups is 3. The molecule has 0 atom stereocenters. The highest BCUT2D eigenvalue weighted by atomic mass is 35.5. The number of nitrogens with zero attached hydrogens (tertiary/aromatic N) is 1. The Morgan fingerprint density at radius 3 is 2.54 bits per heavy atom. The molecule has 0 unspecified atom stereocenters. The third kappa shape index (κ3) is 9.17. The average molecular weight is 416 g/mol. The van der Waals surface area contributed by atoms with Gasteiger partial charge in [0, 0.05) is 24.1 Å². The number of benzene rings is 1. The first-order valence-electron chi connectivity index (χ1n) is 8.34. The third-order valence-corrected chi connectivity index (χ3v) is 3.26. The van der Waals surface area contributed by atoms with Gasteiger partial charge in [0.1, 0.15) is 11.3 Å². The summed E-state index contributed by atoms with van der Waals surface area (Å²) in [4.78, 5) is 45.1. The van der Waals surface area contributed by atoms with Crippen molar-refractivity contribution in [2.75, 3.05) is 18.5 Å². The van der Waals surface area contributed by atoms with Crippen molar-refractivity contribution in [2.45, 2.75) is 39.2 Å². The number of nitro groups is 1. The standard InChI is InChI=1S/C17H22ClN3O7/c1-17(2,3)28-16(24)19-8-4-5-15(23)27-10-14(22)20-12-7-6-11(18)9-13(12)21(25)26/h6-7,9H,4-5,8,10H2,1-3H3,(H,19,24)(H,20,22). The van der Waals surface area contributed by atoms with Crippen molar-refractivity contribution in [1.82, 2.24) is 5.32 Å². The molecule has 0 spiro atoms. The number of nitro benzene ring substituents is 1. The molecule has 0 aliphatic heterocycles. The van der Waals surface area contributed by atoms with Crippen LogP contribution in [0.25, 0.3) is 0 Å². The van der Waals surface area contributed by atoms with Crippen molar-refractivity contribution in [3.05, 3.63) is 33.3 Å². The van der Waals surface area contributed by atoms with Gasteiger partial charge in [0.15, 0.2) is 6.61 Å². The Bertz CT molecular complexity index is 747. The summed E-state index contributed by atoms with van der Waals surface area (Å²) in [5.74, 6) is -1.38. The molecule has 1 aromatic carbocycles. The lowest BCUT2D eigenvalue weighted by molar-refractivity contribution is -0.383. The molecular weight excluding hydrogens is 394 g/mol. The Morgan fingerprint density at radius 1 is 1.25 bits per heavy atom. The lowest BCUT2D eigenvalue weighted by atomic mass is 10.2. The van der Waals surface area contributed by atoms with Gasteiger partial charge in [-0.05, 0) is 39.3 Å². The summed E-state index contributed by atoms with van der Waals surface area (Å²) < 4.78 is 9.84. The summed E-state index contributed by atoms with van der Waals surface area (Å²) in [5, 5.41) is 15.9. The number of esters is 1. The fourth-order valence-electron chi connectivity index (χ4n) is 1.90. The van der Waals surface area contributed by atoms with E-state index in [0.29, 0.717) is 6.42 Å². The summed E-state index contributed by atoms with van der Waals surface area (Å²) in [6, 6.07) is 3.76. The van der Waals surface area contributed by atoms with E-state index >= 15 is 0 Å². The van der Waals surface area contributed by atoms with E-state index < -0.39 is 35.1 Å². The molecule has 0 bridgehead atoms. The molecule has 1 aromatic rings. The smallest absolute Gasteiger partial charge is 0.407 e. The molecule has 0 saturated heterocycles. The lowest BCUT2D eigenvalue weighted by Gasteiger charge is -2.19. The van der Waals surface area contributed by atoms with E-state index in [0.717, 1.165) is 6.07 Å². The first-order chi connectivity index (χ1) is 13.0. The van der Waals surface area contributed by atoms with Gasteiger partial charge in [-0.1, -0.05) is 11.6 Å². The molecule has 0 saturated carbocycles. The van der Waals surface area contributed by atoms with Gasteiger partial charge >= 0.3 is 12.1 Å². The van der Waals surface area contributed by atoms with Gasteiger partial charge in [0.2, 0.25) is 0 Å². The molecule has 10 nitrogen and oxygen atoms in total. The number of anilines is 1. The highest BCUT2D eigenvalue weighted by Gasteiger charge is 2.18.